The number of aliphatic carboxylic acids is 1. The predicted octanol–water partition coefficient (Wildman–Crippen LogP) is 1.43. The van der Waals surface area contributed by atoms with Crippen LogP contribution in [0.1, 0.15) is 0 Å². The molecule has 1 fully saturated rings. The molecule has 1 aromatic rings. The van der Waals surface area contributed by atoms with E-state index in [1.807, 2.05) is 24.3 Å². The number of carbonyl (C=O) groups is 2. The third kappa shape index (κ3) is 3.33. The molecule has 0 aromatic heterocycles. The zero-order valence-electron chi connectivity index (χ0n) is 10.5. The lowest BCUT2D eigenvalue weighted by molar-refractivity contribution is -0.141. The molecule has 2 rings (SSSR count). The number of benzene rings is 1. The Morgan fingerprint density at radius 1 is 1.42 bits per heavy atom. The Kier molecular flexibility index (Phi) is 4.21. The summed E-state index contributed by atoms with van der Waals surface area (Å²) in [6.45, 7) is 0.816. The van der Waals surface area contributed by atoms with Crippen LogP contribution in [0.4, 0.5) is 5.69 Å². The summed E-state index contributed by atoms with van der Waals surface area (Å²) in [5, 5.41) is 9.21. The predicted molar refractivity (Wildman–Crippen MR) is 75.1 cm³/mol. The average Bonchev–Trinajstić information content (AvgIpc) is 2.47. The van der Waals surface area contributed by atoms with Gasteiger partial charge >= 0.3 is 5.97 Å². The number of anilines is 1. The summed E-state index contributed by atoms with van der Waals surface area (Å²) in [4.78, 5) is 26.7. The first kappa shape index (κ1) is 14.0. The first-order valence-electron chi connectivity index (χ1n) is 5.94. The van der Waals surface area contributed by atoms with E-state index in [2.05, 4.69) is 15.9 Å². The number of hydrogen-bond acceptors (Lipinski definition) is 3. The van der Waals surface area contributed by atoms with E-state index in [0.717, 1.165) is 10.2 Å². The molecule has 19 heavy (non-hydrogen) atoms. The van der Waals surface area contributed by atoms with E-state index in [9.17, 15) is 14.7 Å². The Labute approximate surface area is 119 Å². The molecule has 1 saturated heterocycles. The number of carboxylic acids is 1. The highest BCUT2D eigenvalue weighted by Gasteiger charge is 2.30. The first-order valence-corrected chi connectivity index (χ1v) is 6.74. The SMILES string of the molecule is CN1CC(=O)N(c2cccc(Br)c2)CC(C(=O)O)C1. The molecule has 1 amide bonds. The summed E-state index contributed by atoms with van der Waals surface area (Å²) in [5.41, 5.74) is 0.723. The van der Waals surface area contributed by atoms with Crippen molar-refractivity contribution in [2.75, 3.05) is 31.6 Å². The number of nitrogens with zero attached hydrogens (tertiary/aromatic N) is 2. The van der Waals surface area contributed by atoms with Crippen LogP contribution in [0.5, 0.6) is 0 Å². The molecule has 102 valence electrons. The van der Waals surface area contributed by atoms with Crippen LogP contribution < -0.4 is 4.90 Å². The smallest absolute Gasteiger partial charge is 0.309 e. The van der Waals surface area contributed by atoms with Gasteiger partial charge in [0.25, 0.3) is 0 Å². The number of carbonyl (C=O) groups excluding carboxylic acids is 1. The third-order valence-electron chi connectivity index (χ3n) is 3.11. The van der Waals surface area contributed by atoms with Gasteiger partial charge in [-0.25, -0.2) is 0 Å². The van der Waals surface area contributed by atoms with Crippen molar-refractivity contribution in [1.82, 2.24) is 4.90 Å². The number of carboxylic acid groups (broad SMARTS) is 1. The molecule has 6 heteroatoms. The fraction of sp³-hybridized carbons (Fsp3) is 0.385. The molecule has 1 N–H and O–H groups in total. The van der Waals surface area contributed by atoms with E-state index in [0.29, 0.717) is 6.54 Å². The van der Waals surface area contributed by atoms with Crippen molar-refractivity contribution >= 4 is 33.5 Å². The quantitative estimate of drug-likeness (QED) is 0.893. The van der Waals surface area contributed by atoms with Crippen molar-refractivity contribution in [3.05, 3.63) is 28.7 Å². The monoisotopic (exact) mass is 326 g/mol. The first-order chi connectivity index (χ1) is 8.97. The Hall–Kier alpha value is -1.40. The molecule has 1 aromatic carbocycles. The normalized spacial score (nSPS) is 21.3. The lowest BCUT2D eigenvalue weighted by Gasteiger charge is -2.22. The molecule has 1 unspecified atom stereocenters. The van der Waals surface area contributed by atoms with Crippen LogP contribution in [-0.4, -0.2) is 48.6 Å². The highest BCUT2D eigenvalue weighted by atomic mass is 79.9. The van der Waals surface area contributed by atoms with E-state index in [1.165, 1.54) is 0 Å². The molecule has 0 bridgehead atoms. The van der Waals surface area contributed by atoms with E-state index in [4.69, 9.17) is 0 Å². The van der Waals surface area contributed by atoms with Gasteiger partial charge in [-0.1, -0.05) is 22.0 Å². The van der Waals surface area contributed by atoms with Gasteiger partial charge in [-0.15, -0.1) is 0 Å². The Morgan fingerprint density at radius 3 is 2.79 bits per heavy atom. The maximum atomic E-state index is 12.2. The van der Waals surface area contributed by atoms with Crippen LogP contribution in [0, 0.1) is 5.92 Å². The van der Waals surface area contributed by atoms with Gasteiger partial charge in [0.15, 0.2) is 0 Å². The maximum Gasteiger partial charge on any atom is 0.309 e. The van der Waals surface area contributed by atoms with Gasteiger partial charge in [-0.3, -0.25) is 14.5 Å². The van der Waals surface area contributed by atoms with Crippen molar-refractivity contribution in [1.29, 1.82) is 0 Å². The van der Waals surface area contributed by atoms with E-state index >= 15 is 0 Å². The second-order valence-electron chi connectivity index (χ2n) is 4.72. The van der Waals surface area contributed by atoms with Crippen molar-refractivity contribution in [3.63, 3.8) is 0 Å². The van der Waals surface area contributed by atoms with Crippen molar-refractivity contribution < 1.29 is 14.7 Å². The van der Waals surface area contributed by atoms with Crippen LogP contribution in [0.2, 0.25) is 0 Å². The number of rotatable bonds is 2. The second-order valence-corrected chi connectivity index (χ2v) is 5.63. The van der Waals surface area contributed by atoms with Crippen molar-refractivity contribution in [2.45, 2.75) is 0 Å². The molecular formula is C13H15BrN2O3. The molecule has 0 saturated carbocycles. The molecule has 1 aliphatic heterocycles. The molecule has 0 radical (unpaired) electrons. The van der Waals surface area contributed by atoms with Crippen molar-refractivity contribution in [2.24, 2.45) is 5.92 Å². The molecule has 1 atom stereocenters. The third-order valence-corrected chi connectivity index (χ3v) is 3.60. The largest absolute Gasteiger partial charge is 0.481 e. The highest BCUT2D eigenvalue weighted by molar-refractivity contribution is 9.10. The fourth-order valence-corrected chi connectivity index (χ4v) is 2.57. The minimum atomic E-state index is -0.874. The van der Waals surface area contributed by atoms with Crippen LogP contribution in [0.15, 0.2) is 28.7 Å². The summed E-state index contributed by atoms with van der Waals surface area (Å²) in [5.74, 6) is -1.53. The Morgan fingerprint density at radius 2 is 2.16 bits per heavy atom. The Bertz CT molecular complexity index is 506. The minimum absolute atomic E-state index is 0.0793. The molecule has 0 spiro atoms. The summed E-state index contributed by atoms with van der Waals surface area (Å²) >= 11 is 3.36. The van der Waals surface area contributed by atoms with Gasteiger partial charge in [0.1, 0.15) is 0 Å². The van der Waals surface area contributed by atoms with E-state index in [1.54, 1.807) is 16.8 Å². The van der Waals surface area contributed by atoms with Gasteiger partial charge in [-0.05, 0) is 25.2 Å². The summed E-state index contributed by atoms with van der Waals surface area (Å²) in [6.07, 6.45) is 0. The summed E-state index contributed by atoms with van der Waals surface area (Å²) in [7, 11) is 1.76. The molecule has 1 heterocycles. The van der Waals surface area contributed by atoms with Crippen LogP contribution in [-0.2, 0) is 9.59 Å². The molecule has 5 nitrogen and oxygen atoms in total. The zero-order valence-corrected chi connectivity index (χ0v) is 12.1. The molecular weight excluding hydrogens is 312 g/mol. The number of amides is 1. The highest BCUT2D eigenvalue weighted by Crippen LogP contribution is 2.23. The maximum absolute atomic E-state index is 12.2. The van der Waals surface area contributed by atoms with Gasteiger partial charge in [0.2, 0.25) is 5.91 Å². The standard InChI is InChI=1S/C13H15BrN2O3/c1-15-6-9(13(18)19)7-16(12(17)8-15)11-4-2-3-10(14)5-11/h2-5,9H,6-8H2,1H3,(H,18,19). The van der Waals surface area contributed by atoms with Gasteiger partial charge < -0.3 is 10.0 Å². The minimum Gasteiger partial charge on any atom is -0.481 e. The summed E-state index contributed by atoms with van der Waals surface area (Å²) < 4.78 is 0.863. The molecule has 1 aliphatic rings. The fourth-order valence-electron chi connectivity index (χ4n) is 2.19. The van der Waals surface area contributed by atoms with Crippen LogP contribution in [0.25, 0.3) is 0 Å². The van der Waals surface area contributed by atoms with Crippen LogP contribution >= 0.6 is 15.9 Å². The lowest BCUT2D eigenvalue weighted by Crippen LogP contribution is -2.37. The van der Waals surface area contributed by atoms with Gasteiger partial charge in [-0.2, -0.15) is 0 Å². The second kappa shape index (κ2) is 5.71. The van der Waals surface area contributed by atoms with Gasteiger partial charge in [0, 0.05) is 23.2 Å². The number of hydrogen-bond donors (Lipinski definition) is 1. The average molecular weight is 327 g/mol. The number of halogens is 1. The Balaban J connectivity index is 2.31. The van der Waals surface area contributed by atoms with E-state index in [-0.39, 0.29) is 19.0 Å². The van der Waals surface area contributed by atoms with Crippen LogP contribution in [0.3, 0.4) is 0 Å². The van der Waals surface area contributed by atoms with Crippen molar-refractivity contribution in [3.8, 4) is 0 Å². The summed E-state index contributed by atoms with van der Waals surface area (Å²) in [6, 6.07) is 7.33. The van der Waals surface area contributed by atoms with E-state index < -0.39 is 11.9 Å². The van der Waals surface area contributed by atoms with Gasteiger partial charge in [0.05, 0.1) is 12.5 Å². The lowest BCUT2D eigenvalue weighted by atomic mass is 10.1. The zero-order chi connectivity index (χ0) is 14.0. The molecule has 0 aliphatic carbocycles. The number of likely N-dealkylation sites (N-methyl/N-ethyl adjacent to an activating group) is 1. The topological polar surface area (TPSA) is 60.9 Å².